The number of amides is 1. The third-order valence-electron chi connectivity index (χ3n) is 2.61. The molecule has 110 valence electrons. The van der Waals surface area contributed by atoms with Crippen molar-refractivity contribution in [3.63, 3.8) is 0 Å². The van der Waals surface area contributed by atoms with Crippen LogP contribution in [0.1, 0.15) is 15.9 Å². The summed E-state index contributed by atoms with van der Waals surface area (Å²) < 4.78 is 38.7. The molecule has 21 heavy (non-hydrogen) atoms. The Kier molecular flexibility index (Phi) is 3.97. The minimum Gasteiger partial charge on any atom is -0.619 e. The van der Waals surface area contributed by atoms with Crippen molar-refractivity contribution in [1.29, 1.82) is 0 Å². The summed E-state index contributed by atoms with van der Waals surface area (Å²) in [6, 6.07) is 7.25. The molecule has 0 spiro atoms. The zero-order valence-electron chi connectivity index (χ0n) is 10.5. The molecule has 0 aliphatic carbocycles. The Morgan fingerprint density at radius 1 is 1.10 bits per heavy atom. The Balaban J connectivity index is 2.10. The molecule has 0 unspecified atom stereocenters. The van der Waals surface area contributed by atoms with Crippen molar-refractivity contribution < 1.29 is 22.7 Å². The van der Waals surface area contributed by atoms with Crippen molar-refractivity contribution in [1.82, 2.24) is 5.43 Å². The van der Waals surface area contributed by atoms with Gasteiger partial charge in [0.15, 0.2) is 12.4 Å². The van der Waals surface area contributed by atoms with Crippen molar-refractivity contribution in [2.45, 2.75) is 6.18 Å². The van der Waals surface area contributed by atoms with Crippen LogP contribution < -0.4 is 15.6 Å². The number of halogens is 3. The summed E-state index contributed by atoms with van der Waals surface area (Å²) >= 11 is 0. The van der Waals surface area contributed by atoms with Crippen LogP contribution in [-0.4, -0.2) is 5.91 Å². The van der Waals surface area contributed by atoms with Crippen LogP contribution in [0.4, 0.5) is 18.9 Å². The second-order valence-electron chi connectivity index (χ2n) is 4.07. The smallest absolute Gasteiger partial charge is 0.418 e. The molecule has 0 saturated heterocycles. The predicted molar refractivity (Wildman–Crippen MR) is 67.9 cm³/mol. The number of alkyl halides is 3. The van der Waals surface area contributed by atoms with E-state index >= 15 is 0 Å². The fourth-order valence-electron chi connectivity index (χ4n) is 1.60. The highest BCUT2D eigenvalue weighted by Gasteiger charge is 2.33. The molecule has 0 atom stereocenters. The van der Waals surface area contributed by atoms with Gasteiger partial charge in [0.2, 0.25) is 0 Å². The molecule has 0 radical (unpaired) electrons. The van der Waals surface area contributed by atoms with Gasteiger partial charge in [-0.15, -0.1) is 0 Å². The lowest BCUT2D eigenvalue weighted by Gasteiger charge is -2.14. The monoisotopic (exact) mass is 297 g/mol. The molecule has 0 aliphatic rings. The Hall–Kier alpha value is -2.77. The molecule has 2 N–H and O–H groups in total. The quantitative estimate of drug-likeness (QED) is 0.518. The average molecular weight is 297 g/mol. The van der Waals surface area contributed by atoms with Gasteiger partial charge in [0, 0.05) is 12.1 Å². The molecule has 5 nitrogen and oxygen atoms in total. The van der Waals surface area contributed by atoms with Crippen LogP contribution in [0.3, 0.4) is 0 Å². The highest BCUT2D eigenvalue weighted by atomic mass is 19.4. The standard InChI is InChI=1S/C13H10F3N3O2/c14-13(15,16)10-3-1-2-4-11(10)17-18-12(20)9-5-7-19(21)8-6-9/h1-8,17H,(H,18,20). The first-order valence-electron chi connectivity index (χ1n) is 5.79. The van der Waals surface area contributed by atoms with Gasteiger partial charge in [-0.25, -0.2) is 0 Å². The molecular formula is C13H10F3N3O2. The van der Waals surface area contributed by atoms with Gasteiger partial charge >= 0.3 is 6.18 Å². The Morgan fingerprint density at radius 2 is 1.71 bits per heavy atom. The largest absolute Gasteiger partial charge is 0.619 e. The van der Waals surface area contributed by atoms with E-state index in [1.165, 1.54) is 30.3 Å². The summed E-state index contributed by atoms with van der Waals surface area (Å²) in [4.78, 5) is 11.7. The van der Waals surface area contributed by atoms with E-state index in [0.29, 0.717) is 4.73 Å². The fourth-order valence-corrected chi connectivity index (χ4v) is 1.60. The van der Waals surface area contributed by atoms with Gasteiger partial charge < -0.3 is 5.21 Å². The van der Waals surface area contributed by atoms with E-state index in [-0.39, 0.29) is 11.3 Å². The maximum Gasteiger partial charge on any atom is 0.418 e. The highest BCUT2D eigenvalue weighted by Crippen LogP contribution is 2.34. The number of carbonyl (C=O) groups is 1. The third-order valence-corrected chi connectivity index (χ3v) is 2.61. The molecule has 2 rings (SSSR count). The molecule has 0 fully saturated rings. The van der Waals surface area contributed by atoms with E-state index in [0.717, 1.165) is 18.5 Å². The summed E-state index contributed by atoms with van der Waals surface area (Å²) in [5.41, 5.74) is 3.35. The Bertz CT molecular complexity index is 642. The molecule has 1 heterocycles. The van der Waals surface area contributed by atoms with Crippen molar-refractivity contribution in [2.24, 2.45) is 0 Å². The Labute approximate surface area is 117 Å². The normalized spacial score (nSPS) is 11.0. The van der Waals surface area contributed by atoms with Crippen molar-refractivity contribution in [3.05, 3.63) is 65.1 Å². The summed E-state index contributed by atoms with van der Waals surface area (Å²) in [6.45, 7) is 0. The number of benzene rings is 1. The lowest BCUT2D eigenvalue weighted by molar-refractivity contribution is -0.605. The first-order valence-corrected chi connectivity index (χ1v) is 5.79. The minimum absolute atomic E-state index is 0.138. The number of hydrazine groups is 1. The number of hydrogen-bond donors (Lipinski definition) is 2. The molecular weight excluding hydrogens is 287 g/mol. The van der Waals surface area contributed by atoms with Crippen molar-refractivity contribution >= 4 is 11.6 Å². The van der Waals surface area contributed by atoms with Crippen LogP contribution in [-0.2, 0) is 6.18 Å². The number of pyridine rings is 1. The molecule has 0 saturated carbocycles. The second-order valence-corrected chi connectivity index (χ2v) is 4.07. The molecule has 0 aliphatic heterocycles. The number of rotatable bonds is 3. The highest BCUT2D eigenvalue weighted by molar-refractivity contribution is 5.94. The van der Waals surface area contributed by atoms with Gasteiger partial charge in [-0.1, -0.05) is 12.1 Å². The zero-order chi connectivity index (χ0) is 15.5. The van der Waals surface area contributed by atoms with Gasteiger partial charge in [0.05, 0.1) is 16.8 Å². The number of carbonyl (C=O) groups excluding carboxylic acids is 1. The summed E-state index contributed by atoms with van der Waals surface area (Å²) in [5, 5.41) is 10.8. The van der Waals surface area contributed by atoms with E-state index < -0.39 is 17.6 Å². The summed E-state index contributed by atoms with van der Waals surface area (Å²) in [7, 11) is 0. The minimum atomic E-state index is -4.53. The number of para-hydroxylation sites is 1. The maximum atomic E-state index is 12.7. The summed E-state index contributed by atoms with van der Waals surface area (Å²) in [5.74, 6) is -0.660. The van der Waals surface area contributed by atoms with Gasteiger partial charge in [0.25, 0.3) is 5.91 Å². The van der Waals surface area contributed by atoms with Crippen LogP contribution in [0.15, 0.2) is 48.8 Å². The van der Waals surface area contributed by atoms with E-state index in [1.54, 1.807) is 0 Å². The molecule has 1 amide bonds. The number of nitrogens with one attached hydrogen (secondary N) is 2. The number of aromatic nitrogens is 1. The zero-order valence-corrected chi connectivity index (χ0v) is 10.5. The van der Waals surface area contributed by atoms with E-state index in [2.05, 4.69) is 10.9 Å². The van der Waals surface area contributed by atoms with E-state index in [4.69, 9.17) is 0 Å². The topological polar surface area (TPSA) is 68.1 Å². The third kappa shape index (κ3) is 3.62. The van der Waals surface area contributed by atoms with Crippen LogP contribution >= 0.6 is 0 Å². The molecule has 0 bridgehead atoms. The van der Waals surface area contributed by atoms with Crippen LogP contribution in [0.25, 0.3) is 0 Å². The van der Waals surface area contributed by atoms with Crippen molar-refractivity contribution in [3.8, 4) is 0 Å². The van der Waals surface area contributed by atoms with Crippen LogP contribution in [0, 0.1) is 5.21 Å². The molecule has 8 heteroatoms. The molecule has 1 aromatic carbocycles. The average Bonchev–Trinajstić information content (AvgIpc) is 2.45. The predicted octanol–water partition coefficient (Wildman–Crippen LogP) is 2.10. The summed E-state index contributed by atoms with van der Waals surface area (Å²) in [6.07, 6.45) is -2.31. The first kappa shape index (κ1) is 14.6. The maximum absolute atomic E-state index is 12.7. The van der Waals surface area contributed by atoms with E-state index in [1.807, 2.05) is 0 Å². The SMILES string of the molecule is O=C(NNc1ccccc1C(F)(F)F)c1cc[n+]([O-])cc1. The fraction of sp³-hybridized carbons (Fsp3) is 0.0769. The number of nitrogens with zero attached hydrogens (tertiary/aromatic N) is 1. The first-order chi connectivity index (χ1) is 9.88. The number of anilines is 1. The van der Waals surface area contributed by atoms with Gasteiger partial charge in [-0.2, -0.15) is 17.9 Å². The Morgan fingerprint density at radius 3 is 2.33 bits per heavy atom. The van der Waals surface area contributed by atoms with Crippen LogP contribution in [0.5, 0.6) is 0 Å². The van der Waals surface area contributed by atoms with Gasteiger partial charge in [-0.3, -0.25) is 15.6 Å². The lowest BCUT2D eigenvalue weighted by atomic mass is 10.2. The van der Waals surface area contributed by atoms with Gasteiger partial charge in [-0.05, 0) is 12.1 Å². The van der Waals surface area contributed by atoms with E-state index in [9.17, 15) is 23.2 Å². The van der Waals surface area contributed by atoms with Gasteiger partial charge in [0.1, 0.15) is 0 Å². The lowest BCUT2D eigenvalue weighted by Crippen LogP contribution is -2.32. The van der Waals surface area contributed by atoms with Crippen LogP contribution in [0.2, 0.25) is 0 Å². The van der Waals surface area contributed by atoms with Crippen molar-refractivity contribution in [2.75, 3.05) is 5.43 Å². The molecule has 2 aromatic rings. The number of hydrogen-bond acceptors (Lipinski definition) is 3. The second kappa shape index (κ2) is 5.70. The molecule has 1 aromatic heterocycles.